The fraction of sp³-hybridized carbons (Fsp3) is 0.500. The van der Waals surface area contributed by atoms with Crippen LogP contribution in [0.1, 0.15) is 75.3 Å². The minimum atomic E-state index is -1.89. The van der Waals surface area contributed by atoms with Gasteiger partial charge in [-0.25, -0.2) is 0 Å². The lowest BCUT2D eigenvalue weighted by Gasteiger charge is -2.37. The van der Waals surface area contributed by atoms with Gasteiger partial charge in [-0.3, -0.25) is 0 Å². The molecule has 0 aliphatic rings. The van der Waals surface area contributed by atoms with Gasteiger partial charge in [-0.15, -0.1) is 0 Å². The maximum atomic E-state index is 10.9. The van der Waals surface area contributed by atoms with E-state index in [9.17, 15) is 5.11 Å². The van der Waals surface area contributed by atoms with E-state index in [4.69, 9.17) is 4.43 Å². The van der Waals surface area contributed by atoms with Crippen LogP contribution in [0.2, 0.25) is 18.1 Å². The average molecular weight is 439 g/mol. The summed E-state index contributed by atoms with van der Waals surface area (Å²) >= 11 is 0. The number of aliphatic hydroxyl groups excluding tert-OH is 1. The zero-order valence-electron chi connectivity index (χ0n) is 20.8. The predicted octanol–water partition coefficient (Wildman–Crippen LogP) is 8.24. The van der Waals surface area contributed by atoms with Crippen molar-refractivity contribution < 1.29 is 9.53 Å². The first kappa shape index (κ1) is 25.4. The molecule has 31 heavy (non-hydrogen) atoms. The van der Waals surface area contributed by atoms with Crippen LogP contribution in [-0.4, -0.2) is 13.4 Å². The van der Waals surface area contributed by atoms with Crippen molar-refractivity contribution in [3.8, 4) is 5.75 Å². The molecule has 2 rings (SSSR count). The molecule has 1 N–H and O–H groups in total. The molecule has 2 nitrogen and oxygen atoms in total. The molecule has 0 aliphatic heterocycles. The first-order valence-corrected chi connectivity index (χ1v) is 14.5. The van der Waals surface area contributed by atoms with Gasteiger partial charge in [-0.2, -0.15) is 0 Å². The Balaban J connectivity index is 1.97. The van der Waals surface area contributed by atoms with Crippen molar-refractivity contribution in [2.75, 3.05) is 0 Å². The Hall–Kier alpha value is -1.84. The number of aliphatic hydroxyl groups is 1. The number of hydrogen-bond acceptors (Lipinski definition) is 2. The van der Waals surface area contributed by atoms with Crippen LogP contribution in [-0.2, 0) is 0 Å². The second kappa shape index (κ2) is 10.6. The van der Waals surface area contributed by atoms with Crippen LogP contribution in [0.3, 0.4) is 0 Å². The molecule has 0 amide bonds. The Morgan fingerprint density at radius 1 is 1.03 bits per heavy atom. The summed E-state index contributed by atoms with van der Waals surface area (Å²) in [6, 6.07) is 14.6. The zero-order chi connectivity index (χ0) is 23.2. The number of aryl methyl sites for hydroxylation is 2. The molecule has 170 valence electrons. The van der Waals surface area contributed by atoms with E-state index in [2.05, 4.69) is 103 Å². The number of benzene rings is 2. The third kappa shape index (κ3) is 7.36. The fourth-order valence-corrected chi connectivity index (χ4v) is 4.68. The average Bonchev–Trinajstić information content (AvgIpc) is 2.68. The standard InChI is InChI=1S/C28H42O2Si/c1-21(14-12-13-17-24-15-10-9-11-16-24)18-26(29)25-19-22(2)27(23(3)20-25)30-31(7,8)28(4,5)6/h9-11,13,15-17,19-21,26,29H,12,14,18H2,1-8H3/b17-13+. The van der Waals surface area contributed by atoms with Crippen molar-refractivity contribution in [1.29, 1.82) is 0 Å². The minimum Gasteiger partial charge on any atom is -0.543 e. The maximum Gasteiger partial charge on any atom is 0.250 e. The second-order valence-corrected chi connectivity index (χ2v) is 15.3. The molecule has 2 unspecified atom stereocenters. The third-order valence-corrected chi connectivity index (χ3v) is 10.9. The normalized spacial score (nSPS) is 14.6. The molecule has 2 atom stereocenters. The van der Waals surface area contributed by atoms with Crippen molar-refractivity contribution in [2.45, 2.75) is 85.0 Å². The lowest BCUT2D eigenvalue weighted by molar-refractivity contribution is 0.145. The van der Waals surface area contributed by atoms with Crippen molar-refractivity contribution in [2.24, 2.45) is 5.92 Å². The van der Waals surface area contributed by atoms with Crippen molar-refractivity contribution in [3.63, 3.8) is 0 Å². The highest BCUT2D eigenvalue weighted by Crippen LogP contribution is 2.40. The molecule has 0 heterocycles. The lowest BCUT2D eigenvalue weighted by Crippen LogP contribution is -2.44. The van der Waals surface area contributed by atoms with Crippen LogP contribution in [0.5, 0.6) is 5.75 Å². The van der Waals surface area contributed by atoms with Crippen LogP contribution < -0.4 is 4.43 Å². The molecule has 0 radical (unpaired) electrons. The highest BCUT2D eigenvalue weighted by Gasteiger charge is 2.39. The molecular weight excluding hydrogens is 396 g/mol. The van der Waals surface area contributed by atoms with Gasteiger partial charge in [0.1, 0.15) is 5.75 Å². The van der Waals surface area contributed by atoms with Gasteiger partial charge in [0, 0.05) is 0 Å². The van der Waals surface area contributed by atoms with Gasteiger partial charge in [0.15, 0.2) is 0 Å². The molecule has 0 bridgehead atoms. The van der Waals surface area contributed by atoms with Gasteiger partial charge in [0.05, 0.1) is 6.10 Å². The Morgan fingerprint density at radius 2 is 1.61 bits per heavy atom. The summed E-state index contributed by atoms with van der Waals surface area (Å²) < 4.78 is 6.60. The smallest absolute Gasteiger partial charge is 0.250 e. The van der Waals surface area contributed by atoms with Crippen molar-refractivity contribution in [3.05, 3.63) is 70.8 Å². The second-order valence-electron chi connectivity index (χ2n) is 10.6. The topological polar surface area (TPSA) is 29.5 Å². The summed E-state index contributed by atoms with van der Waals surface area (Å²) in [7, 11) is -1.89. The lowest BCUT2D eigenvalue weighted by atomic mass is 9.92. The van der Waals surface area contributed by atoms with E-state index in [1.54, 1.807) is 0 Å². The van der Waals surface area contributed by atoms with Crippen LogP contribution in [0.15, 0.2) is 48.5 Å². The quantitative estimate of drug-likeness (QED) is 0.399. The van der Waals surface area contributed by atoms with E-state index in [1.165, 1.54) is 5.56 Å². The Labute approximate surface area is 191 Å². The van der Waals surface area contributed by atoms with Gasteiger partial charge < -0.3 is 9.53 Å². The molecular formula is C28H42O2Si. The van der Waals surface area contributed by atoms with Gasteiger partial charge in [-0.05, 0) is 91.5 Å². The van der Waals surface area contributed by atoms with Gasteiger partial charge >= 0.3 is 0 Å². The summed E-state index contributed by atoms with van der Waals surface area (Å²) in [6.07, 6.45) is 6.86. The van der Waals surface area contributed by atoms with E-state index in [0.29, 0.717) is 5.92 Å². The SMILES string of the molecule is Cc1cc(C(O)CC(C)CC/C=C/c2ccccc2)cc(C)c1O[Si](C)(C)C(C)(C)C. The molecule has 3 heteroatoms. The number of allylic oxidation sites excluding steroid dienone is 1. The van der Waals surface area contributed by atoms with Crippen LogP contribution >= 0.6 is 0 Å². The van der Waals surface area contributed by atoms with Crippen molar-refractivity contribution in [1.82, 2.24) is 0 Å². The summed E-state index contributed by atoms with van der Waals surface area (Å²) in [4.78, 5) is 0. The summed E-state index contributed by atoms with van der Waals surface area (Å²) in [5, 5.41) is 11.0. The first-order chi connectivity index (χ1) is 14.4. The molecule has 0 fully saturated rings. The Kier molecular flexibility index (Phi) is 8.73. The summed E-state index contributed by atoms with van der Waals surface area (Å²) in [5.41, 5.74) is 4.49. The van der Waals surface area contributed by atoms with E-state index >= 15 is 0 Å². The molecule has 0 saturated carbocycles. The fourth-order valence-electron chi connectivity index (χ4n) is 3.54. The largest absolute Gasteiger partial charge is 0.543 e. The van der Waals surface area contributed by atoms with Crippen LogP contribution in [0, 0.1) is 19.8 Å². The predicted molar refractivity (Wildman–Crippen MR) is 137 cm³/mol. The maximum absolute atomic E-state index is 10.9. The van der Waals surface area contributed by atoms with Crippen molar-refractivity contribution >= 4 is 14.4 Å². The van der Waals surface area contributed by atoms with Gasteiger partial charge in [-0.1, -0.05) is 70.2 Å². The molecule has 2 aromatic carbocycles. The molecule has 0 aliphatic carbocycles. The van der Waals surface area contributed by atoms with Crippen LogP contribution in [0.25, 0.3) is 6.08 Å². The summed E-state index contributed by atoms with van der Waals surface area (Å²) in [5.74, 6) is 1.46. The van der Waals surface area contributed by atoms with E-state index in [0.717, 1.165) is 41.7 Å². The highest BCUT2D eigenvalue weighted by atomic mass is 28.4. The van der Waals surface area contributed by atoms with Gasteiger partial charge in [0.25, 0.3) is 8.32 Å². The Morgan fingerprint density at radius 3 is 2.16 bits per heavy atom. The molecule has 0 saturated heterocycles. The number of rotatable bonds is 9. The Bertz CT molecular complexity index is 839. The van der Waals surface area contributed by atoms with Crippen LogP contribution in [0.4, 0.5) is 0 Å². The van der Waals surface area contributed by atoms with E-state index in [1.807, 2.05) is 6.07 Å². The molecule has 0 aromatic heterocycles. The zero-order valence-corrected chi connectivity index (χ0v) is 21.8. The van der Waals surface area contributed by atoms with E-state index in [-0.39, 0.29) is 5.04 Å². The summed E-state index contributed by atoms with van der Waals surface area (Å²) in [6.45, 7) is 17.8. The molecule has 0 spiro atoms. The highest BCUT2D eigenvalue weighted by molar-refractivity contribution is 6.74. The first-order valence-electron chi connectivity index (χ1n) is 11.6. The number of hydrogen-bond donors (Lipinski definition) is 1. The van der Waals surface area contributed by atoms with E-state index < -0.39 is 14.4 Å². The minimum absolute atomic E-state index is 0.161. The monoisotopic (exact) mass is 438 g/mol. The van der Waals surface area contributed by atoms with Gasteiger partial charge in [0.2, 0.25) is 0 Å². The molecule has 2 aromatic rings. The third-order valence-electron chi connectivity index (χ3n) is 6.59.